The van der Waals surface area contributed by atoms with Crippen molar-refractivity contribution in [1.82, 2.24) is 9.80 Å². The molecule has 6 heteroatoms. The SMILES string of the molecule is CCCCCCCOc1ccc(C(=O)N2CCN(C(=O)c3ccc(OCCCCCCC)cc3)CC2)cc1. The molecule has 1 heterocycles. The van der Waals surface area contributed by atoms with Gasteiger partial charge in [0.1, 0.15) is 11.5 Å². The number of hydrogen-bond acceptors (Lipinski definition) is 4. The van der Waals surface area contributed by atoms with E-state index in [1.54, 1.807) is 0 Å². The molecule has 0 unspecified atom stereocenters. The summed E-state index contributed by atoms with van der Waals surface area (Å²) in [5.74, 6) is 1.60. The van der Waals surface area contributed by atoms with Crippen molar-refractivity contribution in [1.29, 1.82) is 0 Å². The smallest absolute Gasteiger partial charge is 0.253 e. The topological polar surface area (TPSA) is 59.1 Å². The molecule has 0 bridgehead atoms. The predicted molar refractivity (Wildman–Crippen MR) is 153 cm³/mol. The maximum Gasteiger partial charge on any atom is 0.253 e. The van der Waals surface area contributed by atoms with E-state index in [0.29, 0.717) is 50.5 Å². The maximum absolute atomic E-state index is 13.0. The standard InChI is InChI=1S/C32H46N2O4/c1-3-5-7-9-11-25-37-29-17-13-27(14-18-29)31(35)33-21-23-34(24-22-33)32(36)28-15-19-30(20-16-28)38-26-12-10-8-6-4-2/h13-20H,3-12,21-26H2,1-2H3. The Balaban J connectivity index is 1.38. The lowest BCUT2D eigenvalue weighted by atomic mass is 10.1. The van der Waals surface area contributed by atoms with Gasteiger partial charge in [-0.3, -0.25) is 9.59 Å². The molecule has 1 aliphatic rings. The molecule has 1 fully saturated rings. The van der Waals surface area contributed by atoms with E-state index in [1.165, 1.54) is 51.4 Å². The highest BCUT2D eigenvalue weighted by Gasteiger charge is 2.25. The van der Waals surface area contributed by atoms with Crippen molar-refractivity contribution in [2.24, 2.45) is 0 Å². The third-order valence-electron chi connectivity index (χ3n) is 7.09. The van der Waals surface area contributed by atoms with E-state index in [4.69, 9.17) is 9.47 Å². The fraction of sp³-hybridized carbons (Fsp3) is 0.562. The minimum absolute atomic E-state index is 0.000546. The highest BCUT2D eigenvalue weighted by molar-refractivity contribution is 5.96. The summed E-state index contributed by atoms with van der Waals surface area (Å²) in [6, 6.07) is 14.8. The zero-order valence-corrected chi connectivity index (χ0v) is 23.5. The first-order chi connectivity index (χ1) is 18.6. The molecule has 0 N–H and O–H groups in total. The number of unbranched alkanes of at least 4 members (excludes halogenated alkanes) is 8. The van der Waals surface area contributed by atoms with E-state index >= 15 is 0 Å². The second-order valence-corrected chi connectivity index (χ2v) is 10.2. The molecule has 1 aliphatic heterocycles. The van der Waals surface area contributed by atoms with Crippen LogP contribution in [0.4, 0.5) is 0 Å². The molecule has 0 saturated carbocycles. The van der Waals surface area contributed by atoms with Crippen molar-refractivity contribution in [3.63, 3.8) is 0 Å². The molecule has 208 valence electrons. The minimum atomic E-state index is -0.000546. The van der Waals surface area contributed by atoms with Gasteiger partial charge in [0.05, 0.1) is 13.2 Å². The van der Waals surface area contributed by atoms with Crippen LogP contribution in [-0.2, 0) is 0 Å². The summed E-state index contributed by atoms with van der Waals surface area (Å²) < 4.78 is 11.6. The largest absolute Gasteiger partial charge is 0.494 e. The molecular weight excluding hydrogens is 476 g/mol. The number of piperazine rings is 1. The van der Waals surface area contributed by atoms with Crippen LogP contribution in [0.15, 0.2) is 48.5 Å². The normalized spacial score (nSPS) is 13.4. The Kier molecular flexibility index (Phi) is 13.0. The van der Waals surface area contributed by atoms with E-state index < -0.39 is 0 Å². The van der Waals surface area contributed by atoms with Gasteiger partial charge in [-0.1, -0.05) is 65.2 Å². The van der Waals surface area contributed by atoms with Gasteiger partial charge in [-0.2, -0.15) is 0 Å². The van der Waals surface area contributed by atoms with Crippen molar-refractivity contribution in [2.75, 3.05) is 39.4 Å². The van der Waals surface area contributed by atoms with Crippen molar-refractivity contribution in [3.8, 4) is 11.5 Å². The van der Waals surface area contributed by atoms with Crippen molar-refractivity contribution >= 4 is 11.8 Å². The second-order valence-electron chi connectivity index (χ2n) is 10.2. The van der Waals surface area contributed by atoms with Crippen LogP contribution in [0.3, 0.4) is 0 Å². The van der Waals surface area contributed by atoms with Crippen molar-refractivity contribution in [3.05, 3.63) is 59.7 Å². The molecular formula is C32H46N2O4. The van der Waals surface area contributed by atoms with Crippen molar-refractivity contribution < 1.29 is 19.1 Å². The molecule has 0 radical (unpaired) electrons. The molecule has 2 amide bonds. The highest BCUT2D eigenvalue weighted by Crippen LogP contribution is 2.18. The summed E-state index contributed by atoms with van der Waals surface area (Å²) in [4.78, 5) is 29.6. The Morgan fingerprint density at radius 3 is 1.24 bits per heavy atom. The number of nitrogens with zero attached hydrogens (tertiary/aromatic N) is 2. The molecule has 3 rings (SSSR count). The average molecular weight is 523 g/mol. The summed E-state index contributed by atoms with van der Waals surface area (Å²) in [6.45, 7) is 7.96. The first-order valence-electron chi connectivity index (χ1n) is 14.7. The van der Waals surface area contributed by atoms with E-state index in [1.807, 2.05) is 58.3 Å². The van der Waals surface area contributed by atoms with Gasteiger partial charge in [0.25, 0.3) is 11.8 Å². The fourth-order valence-corrected chi connectivity index (χ4v) is 4.66. The number of hydrogen-bond donors (Lipinski definition) is 0. The Morgan fingerprint density at radius 1 is 0.553 bits per heavy atom. The van der Waals surface area contributed by atoms with Gasteiger partial charge < -0.3 is 19.3 Å². The molecule has 38 heavy (non-hydrogen) atoms. The molecule has 0 spiro atoms. The number of benzene rings is 2. The number of amides is 2. The van der Waals surface area contributed by atoms with Crippen LogP contribution in [0.1, 0.15) is 98.8 Å². The van der Waals surface area contributed by atoms with Crippen LogP contribution < -0.4 is 9.47 Å². The maximum atomic E-state index is 13.0. The van der Waals surface area contributed by atoms with Crippen LogP contribution in [0.25, 0.3) is 0 Å². The van der Waals surface area contributed by atoms with Crippen LogP contribution >= 0.6 is 0 Å². The van der Waals surface area contributed by atoms with Crippen LogP contribution in [-0.4, -0.2) is 61.0 Å². The molecule has 0 atom stereocenters. The summed E-state index contributed by atoms with van der Waals surface area (Å²) in [6.07, 6.45) is 12.1. The molecule has 1 saturated heterocycles. The molecule has 2 aromatic rings. The summed E-state index contributed by atoms with van der Waals surface area (Å²) in [5, 5.41) is 0. The van der Waals surface area contributed by atoms with E-state index in [2.05, 4.69) is 13.8 Å². The molecule has 0 aliphatic carbocycles. The first kappa shape index (κ1) is 29.5. The number of carbonyl (C=O) groups is 2. The lowest BCUT2D eigenvalue weighted by Crippen LogP contribution is -2.50. The number of carbonyl (C=O) groups excluding carboxylic acids is 2. The zero-order chi connectivity index (χ0) is 27.0. The van der Waals surface area contributed by atoms with Crippen LogP contribution in [0.5, 0.6) is 11.5 Å². The van der Waals surface area contributed by atoms with E-state index in [0.717, 1.165) is 24.3 Å². The van der Waals surface area contributed by atoms with Gasteiger partial charge in [-0.25, -0.2) is 0 Å². The minimum Gasteiger partial charge on any atom is -0.494 e. The Labute approximate surface area is 229 Å². The fourth-order valence-electron chi connectivity index (χ4n) is 4.66. The summed E-state index contributed by atoms with van der Waals surface area (Å²) in [5.41, 5.74) is 1.31. The zero-order valence-electron chi connectivity index (χ0n) is 23.5. The lowest BCUT2D eigenvalue weighted by Gasteiger charge is -2.35. The Hall–Kier alpha value is -3.02. The van der Waals surface area contributed by atoms with Gasteiger partial charge in [-0.05, 0) is 61.4 Å². The van der Waals surface area contributed by atoms with Gasteiger partial charge in [0.15, 0.2) is 0 Å². The molecule has 6 nitrogen and oxygen atoms in total. The van der Waals surface area contributed by atoms with Crippen LogP contribution in [0.2, 0.25) is 0 Å². The quantitative estimate of drug-likeness (QED) is 0.223. The van der Waals surface area contributed by atoms with Gasteiger partial charge in [-0.15, -0.1) is 0 Å². The monoisotopic (exact) mass is 522 g/mol. The third kappa shape index (κ3) is 9.70. The molecule has 0 aromatic heterocycles. The molecule has 2 aromatic carbocycles. The Morgan fingerprint density at radius 2 is 0.895 bits per heavy atom. The van der Waals surface area contributed by atoms with Gasteiger partial charge in [0.2, 0.25) is 0 Å². The summed E-state index contributed by atoms with van der Waals surface area (Å²) in [7, 11) is 0. The van der Waals surface area contributed by atoms with Gasteiger partial charge in [0, 0.05) is 37.3 Å². The number of ether oxygens (including phenoxy) is 2. The number of rotatable bonds is 16. The van der Waals surface area contributed by atoms with Crippen LogP contribution in [0, 0.1) is 0 Å². The highest BCUT2D eigenvalue weighted by atomic mass is 16.5. The van der Waals surface area contributed by atoms with E-state index in [-0.39, 0.29) is 11.8 Å². The predicted octanol–water partition coefficient (Wildman–Crippen LogP) is 6.98. The lowest BCUT2D eigenvalue weighted by molar-refractivity contribution is 0.0535. The Bertz CT molecular complexity index is 871. The second kappa shape index (κ2) is 16.7. The first-order valence-corrected chi connectivity index (χ1v) is 14.7. The average Bonchev–Trinajstić information content (AvgIpc) is 2.97. The van der Waals surface area contributed by atoms with Gasteiger partial charge >= 0.3 is 0 Å². The summed E-state index contributed by atoms with van der Waals surface area (Å²) >= 11 is 0. The van der Waals surface area contributed by atoms with Crippen molar-refractivity contribution in [2.45, 2.75) is 78.1 Å². The third-order valence-corrected chi connectivity index (χ3v) is 7.09. The van der Waals surface area contributed by atoms with E-state index in [9.17, 15) is 9.59 Å².